The van der Waals surface area contributed by atoms with Crippen LogP contribution in [0.25, 0.3) is 0 Å². The molecule has 1 amide bonds. The number of methoxy groups -OCH3 is 1. The number of rotatable bonds is 6. The number of nitrogens with one attached hydrogen (secondary N) is 1. The first-order chi connectivity index (χ1) is 12.8. The van der Waals surface area contributed by atoms with Crippen LogP contribution in [0.3, 0.4) is 0 Å². The Morgan fingerprint density at radius 2 is 1.61 bits per heavy atom. The van der Waals surface area contributed by atoms with Crippen LogP contribution in [0.1, 0.15) is 54.0 Å². The smallest absolute Gasteiger partial charge is 0.408 e. The van der Waals surface area contributed by atoms with Gasteiger partial charge in [-0.3, -0.25) is 0 Å². The van der Waals surface area contributed by atoms with Crippen molar-refractivity contribution < 1.29 is 23.8 Å². The molecule has 1 atom stereocenters. The van der Waals surface area contributed by atoms with Gasteiger partial charge in [0, 0.05) is 5.57 Å². The summed E-state index contributed by atoms with van der Waals surface area (Å²) in [6.07, 6.45) is 1.62. The lowest BCUT2D eigenvalue weighted by Gasteiger charge is -2.23. The second-order valence-electron chi connectivity index (χ2n) is 8.66. The third kappa shape index (κ3) is 9.44. The predicted octanol–water partition coefficient (Wildman–Crippen LogP) is 4.42. The summed E-state index contributed by atoms with van der Waals surface area (Å²) in [6, 6.07) is 7.23. The van der Waals surface area contributed by atoms with E-state index in [4.69, 9.17) is 14.2 Å². The Hall–Kier alpha value is -2.50. The molecule has 1 aromatic rings. The summed E-state index contributed by atoms with van der Waals surface area (Å²) in [5, 5.41) is 2.81. The molecule has 1 rings (SSSR count). The standard InChI is InChI=1S/C22H33NO5/c1-15(19(24)26-8)13-17(23-20(25)28-22(5,6)7)14-16-9-11-18(12-10-16)27-21(2,3)4/h9-13,17H,14H2,1-8H3,(H,23,25)/b15-13+/t17-/m1/s1. The SMILES string of the molecule is COC(=O)/C(C)=C/[C@H](Cc1ccc(OC(C)(C)C)cc1)NC(=O)OC(C)(C)C. The van der Waals surface area contributed by atoms with Crippen molar-refractivity contribution in [1.82, 2.24) is 5.32 Å². The number of esters is 1. The van der Waals surface area contributed by atoms with Gasteiger partial charge >= 0.3 is 12.1 Å². The first-order valence-electron chi connectivity index (χ1n) is 9.33. The Balaban J connectivity index is 2.95. The minimum absolute atomic E-state index is 0.275. The summed E-state index contributed by atoms with van der Waals surface area (Å²) < 4.78 is 15.9. The van der Waals surface area contributed by atoms with Crippen molar-refractivity contribution >= 4 is 12.1 Å². The molecule has 0 heterocycles. The van der Waals surface area contributed by atoms with Gasteiger partial charge in [0.1, 0.15) is 17.0 Å². The molecule has 28 heavy (non-hydrogen) atoms. The molecule has 0 spiro atoms. The number of hydrogen-bond donors (Lipinski definition) is 1. The Labute approximate surface area is 168 Å². The highest BCUT2D eigenvalue weighted by Crippen LogP contribution is 2.19. The highest BCUT2D eigenvalue weighted by Gasteiger charge is 2.20. The van der Waals surface area contributed by atoms with E-state index in [0.29, 0.717) is 12.0 Å². The largest absolute Gasteiger partial charge is 0.488 e. The quantitative estimate of drug-likeness (QED) is 0.574. The van der Waals surface area contributed by atoms with Crippen molar-refractivity contribution in [3.8, 4) is 5.75 Å². The van der Waals surface area contributed by atoms with Gasteiger partial charge in [0.25, 0.3) is 0 Å². The van der Waals surface area contributed by atoms with E-state index in [1.54, 1.807) is 33.8 Å². The lowest BCUT2D eigenvalue weighted by atomic mass is 10.0. The maximum absolute atomic E-state index is 12.2. The lowest BCUT2D eigenvalue weighted by Crippen LogP contribution is -2.39. The molecule has 6 nitrogen and oxygen atoms in total. The van der Waals surface area contributed by atoms with E-state index in [1.807, 2.05) is 45.0 Å². The van der Waals surface area contributed by atoms with E-state index < -0.39 is 23.7 Å². The van der Waals surface area contributed by atoms with Gasteiger partial charge in [-0.2, -0.15) is 0 Å². The summed E-state index contributed by atoms with van der Waals surface area (Å²) in [4.78, 5) is 23.9. The fourth-order valence-corrected chi connectivity index (χ4v) is 2.44. The zero-order valence-corrected chi connectivity index (χ0v) is 18.2. The monoisotopic (exact) mass is 391 g/mol. The van der Waals surface area contributed by atoms with Crippen LogP contribution in [0.4, 0.5) is 4.79 Å². The van der Waals surface area contributed by atoms with Crippen LogP contribution in [0.2, 0.25) is 0 Å². The summed E-state index contributed by atoms with van der Waals surface area (Å²) in [5.41, 5.74) is 0.511. The molecule has 0 aliphatic heterocycles. The number of alkyl carbamates (subject to hydrolysis) is 1. The fraction of sp³-hybridized carbons (Fsp3) is 0.545. The molecule has 0 fully saturated rings. The molecule has 0 bridgehead atoms. The van der Waals surface area contributed by atoms with Crippen LogP contribution in [-0.2, 0) is 20.7 Å². The van der Waals surface area contributed by atoms with Crippen molar-refractivity contribution in [2.75, 3.05) is 7.11 Å². The van der Waals surface area contributed by atoms with E-state index in [1.165, 1.54) is 7.11 Å². The number of carbonyl (C=O) groups is 2. The molecule has 0 saturated heterocycles. The molecule has 0 unspecified atom stereocenters. The molecule has 0 radical (unpaired) electrons. The van der Waals surface area contributed by atoms with Gasteiger partial charge in [-0.05, 0) is 72.6 Å². The Morgan fingerprint density at radius 1 is 1.04 bits per heavy atom. The summed E-state index contributed by atoms with van der Waals surface area (Å²) >= 11 is 0. The van der Waals surface area contributed by atoms with E-state index in [0.717, 1.165) is 11.3 Å². The first-order valence-corrected chi connectivity index (χ1v) is 9.33. The molecule has 0 saturated carbocycles. The molecular formula is C22H33NO5. The highest BCUT2D eigenvalue weighted by atomic mass is 16.6. The number of hydrogen-bond acceptors (Lipinski definition) is 5. The summed E-state index contributed by atoms with van der Waals surface area (Å²) in [6.45, 7) is 13.0. The fourth-order valence-electron chi connectivity index (χ4n) is 2.44. The second-order valence-corrected chi connectivity index (χ2v) is 8.66. The van der Waals surface area contributed by atoms with Crippen molar-refractivity contribution in [2.45, 2.75) is 72.1 Å². The van der Waals surface area contributed by atoms with Crippen molar-refractivity contribution in [3.63, 3.8) is 0 Å². The molecule has 0 aliphatic carbocycles. The van der Waals surface area contributed by atoms with Gasteiger partial charge < -0.3 is 19.5 Å². The van der Waals surface area contributed by atoms with Crippen molar-refractivity contribution in [1.29, 1.82) is 0 Å². The van der Waals surface area contributed by atoms with E-state index in [2.05, 4.69) is 5.32 Å². The second kappa shape index (κ2) is 9.62. The zero-order chi connectivity index (χ0) is 21.5. The van der Waals surface area contributed by atoms with Crippen LogP contribution in [0.5, 0.6) is 5.75 Å². The van der Waals surface area contributed by atoms with E-state index in [-0.39, 0.29) is 5.60 Å². The highest BCUT2D eigenvalue weighted by molar-refractivity contribution is 5.87. The minimum atomic E-state index is -0.609. The van der Waals surface area contributed by atoms with Crippen molar-refractivity contribution in [2.24, 2.45) is 0 Å². The first kappa shape index (κ1) is 23.5. The topological polar surface area (TPSA) is 73.9 Å². The van der Waals surface area contributed by atoms with Crippen LogP contribution in [0.15, 0.2) is 35.9 Å². The maximum Gasteiger partial charge on any atom is 0.408 e. The van der Waals surface area contributed by atoms with Crippen molar-refractivity contribution in [3.05, 3.63) is 41.5 Å². The van der Waals surface area contributed by atoms with Crippen LogP contribution in [-0.4, -0.2) is 36.4 Å². The molecule has 156 valence electrons. The van der Waals surface area contributed by atoms with Gasteiger partial charge in [0.05, 0.1) is 13.2 Å². The average Bonchev–Trinajstić information content (AvgIpc) is 2.52. The maximum atomic E-state index is 12.2. The normalized spacial score (nSPS) is 13.5. The van der Waals surface area contributed by atoms with Crippen LogP contribution in [0, 0.1) is 0 Å². The summed E-state index contributed by atoms with van der Waals surface area (Å²) in [5.74, 6) is 0.332. The van der Waals surface area contributed by atoms with E-state index >= 15 is 0 Å². The Morgan fingerprint density at radius 3 is 2.07 bits per heavy atom. The van der Waals surface area contributed by atoms with Gasteiger partial charge in [0.2, 0.25) is 0 Å². The molecule has 6 heteroatoms. The third-order valence-corrected chi connectivity index (χ3v) is 3.46. The molecular weight excluding hydrogens is 358 g/mol. The molecule has 1 aromatic carbocycles. The number of ether oxygens (including phenoxy) is 3. The molecule has 1 N–H and O–H groups in total. The van der Waals surface area contributed by atoms with Gasteiger partial charge in [0.15, 0.2) is 0 Å². The Bertz CT molecular complexity index is 693. The minimum Gasteiger partial charge on any atom is -0.488 e. The van der Waals surface area contributed by atoms with Crippen LogP contribution < -0.4 is 10.1 Å². The molecule has 0 aromatic heterocycles. The molecule has 0 aliphatic rings. The van der Waals surface area contributed by atoms with Crippen LogP contribution >= 0.6 is 0 Å². The number of benzene rings is 1. The van der Waals surface area contributed by atoms with Gasteiger partial charge in [-0.15, -0.1) is 0 Å². The zero-order valence-electron chi connectivity index (χ0n) is 18.2. The average molecular weight is 392 g/mol. The summed E-state index contributed by atoms with van der Waals surface area (Å²) in [7, 11) is 1.32. The third-order valence-electron chi connectivity index (χ3n) is 3.46. The van der Waals surface area contributed by atoms with E-state index in [9.17, 15) is 9.59 Å². The number of carbonyl (C=O) groups excluding carboxylic acids is 2. The Kier molecular flexibility index (Phi) is 8.09. The number of amides is 1. The lowest BCUT2D eigenvalue weighted by molar-refractivity contribution is -0.136. The van der Waals surface area contributed by atoms with Gasteiger partial charge in [-0.1, -0.05) is 18.2 Å². The van der Waals surface area contributed by atoms with Gasteiger partial charge in [-0.25, -0.2) is 9.59 Å². The predicted molar refractivity (Wildman–Crippen MR) is 109 cm³/mol.